The molecule has 1 unspecified atom stereocenters. The van der Waals surface area contributed by atoms with Crippen molar-refractivity contribution in [1.82, 2.24) is 15.1 Å². The zero-order valence-electron chi connectivity index (χ0n) is 23.3. The molecule has 1 aliphatic carbocycles. The van der Waals surface area contributed by atoms with Crippen LogP contribution in [0.15, 0.2) is 42.5 Å². The van der Waals surface area contributed by atoms with Gasteiger partial charge in [0, 0.05) is 49.4 Å². The molecule has 1 heterocycles. The van der Waals surface area contributed by atoms with E-state index in [9.17, 15) is 9.59 Å². The summed E-state index contributed by atoms with van der Waals surface area (Å²) >= 11 is 6.05. The van der Waals surface area contributed by atoms with Crippen LogP contribution >= 0.6 is 11.6 Å². The maximum Gasteiger partial charge on any atom is 0.408 e. The van der Waals surface area contributed by atoms with Crippen LogP contribution in [0.2, 0.25) is 5.02 Å². The van der Waals surface area contributed by atoms with Crippen molar-refractivity contribution in [2.45, 2.75) is 64.1 Å². The van der Waals surface area contributed by atoms with E-state index in [4.69, 9.17) is 16.3 Å². The van der Waals surface area contributed by atoms with Gasteiger partial charge in [-0.25, -0.2) is 4.79 Å². The van der Waals surface area contributed by atoms with E-state index in [-0.39, 0.29) is 5.91 Å². The number of nitrogens with one attached hydrogen (secondary N) is 1. The molecule has 7 nitrogen and oxygen atoms in total. The van der Waals surface area contributed by atoms with Gasteiger partial charge < -0.3 is 24.8 Å². The first kappa shape index (κ1) is 28.2. The SMILES string of the molecule is CN(C)C1CCc2cccc(N3CCN(C(=O)[C@@H](Cc4ccc(Cl)cc4)NC(=O)OC(C)(C)C)CC3)c2C1. The number of fused-ring (bicyclic) bond motifs is 1. The third kappa shape index (κ3) is 7.20. The molecule has 2 aromatic carbocycles. The molecule has 2 atom stereocenters. The van der Waals surface area contributed by atoms with E-state index in [0.29, 0.717) is 30.6 Å². The van der Waals surface area contributed by atoms with Gasteiger partial charge in [0.1, 0.15) is 11.6 Å². The predicted octanol–water partition coefficient (Wildman–Crippen LogP) is 4.54. The quantitative estimate of drug-likeness (QED) is 0.582. The Morgan fingerprint density at radius 3 is 2.39 bits per heavy atom. The minimum atomic E-state index is -0.720. The summed E-state index contributed by atoms with van der Waals surface area (Å²) in [6.45, 7) is 8.16. The van der Waals surface area contributed by atoms with Crippen molar-refractivity contribution in [1.29, 1.82) is 0 Å². The third-order valence-electron chi connectivity index (χ3n) is 7.44. The number of ether oxygens (including phenoxy) is 1. The fourth-order valence-corrected chi connectivity index (χ4v) is 5.51. The Balaban J connectivity index is 1.45. The zero-order chi connectivity index (χ0) is 27.4. The summed E-state index contributed by atoms with van der Waals surface area (Å²) in [4.78, 5) is 32.9. The van der Waals surface area contributed by atoms with Crippen LogP contribution in [-0.2, 0) is 28.8 Å². The molecule has 4 rings (SSSR count). The van der Waals surface area contributed by atoms with E-state index in [1.807, 2.05) is 37.8 Å². The summed E-state index contributed by atoms with van der Waals surface area (Å²) in [6, 6.07) is 13.8. The molecule has 0 radical (unpaired) electrons. The van der Waals surface area contributed by atoms with Gasteiger partial charge in [0.2, 0.25) is 5.91 Å². The summed E-state index contributed by atoms with van der Waals surface area (Å²) < 4.78 is 5.46. The first-order valence-electron chi connectivity index (χ1n) is 13.5. The number of nitrogens with zero attached hydrogens (tertiary/aromatic N) is 3. The molecule has 2 aliphatic rings. The molecule has 2 amide bonds. The number of halogens is 1. The highest BCUT2D eigenvalue weighted by molar-refractivity contribution is 6.30. The molecule has 1 aliphatic heterocycles. The number of likely N-dealkylation sites (N-methyl/N-ethyl adjacent to an activating group) is 1. The number of amides is 2. The Labute approximate surface area is 232 Å². The number of hydrogen-bond donors (Lipinski definition) is 1. The number of aryl methyl sites for hydroxylation is 1. The summed E-state index contributed by atoms with van der Waals surface area (Å²) in [7, 11) is 4.32. The van der Waals surface area contributed by atoms with E-state index < -0.39 is 17.7 Å². The molecule has 1 fully saturated rings. The summed E-state index contributed by atoms with van der Waals surface area (Å²) in [5.41, 5.74) is 4.47. The Morgan fingerprint density at radius 1 is 1.08 bits per heavy atom. The van der Waals surface area contributed by atoms with Crippen molar-refractivity contribution in [3.63, 3.8) is 0 Å². The topological polar surface area (TPSA) is 65.1 Å². The smallest absolute Gasteiger partial charge is 0.408 e. The van der Waals surface area contributed by atoms with Gasteiger partial charge in [-0.2, -0.15) is 0 Å². The van der Waals surface area contributed by atoms with Crippen LogP contribution in [0.3, 0.4) is 0 Å². The van der Waals surface area contributed by atoms with Crippen LogP contribution in [0.4, 0.5) is 10.5 Å². The standard InChI is InChI=1S/C30H41ClN4O3/c1-30(2,3)38-29(37)32-26(19-21-9-12-23(31)13-10-21)28(36)35-17-15-34(16-18-35)27-8-6-7-22-11-14-24(33(4)5)20-25(22)27/h6-10,12-13,24,26H,11,14-20H2,1-5H3,(H,32,37)/t24?,26-/m1/s1. The van der Waals surface area contributed by atoms with Gasteiger partial charge >= 0.3 is 6.09 Å². The minimum Gasteiger partial charge on any atom is -0.444 e. The van der Waals surface area contributed by atoms with Gasteiger partial charge in [0.15, 0.2) is 0 Å². The van der Waals surface area contributed by atoms with Crippen molar-refractivity contribution in [3.8, 4) is 0 Å². The Morgan fingerprint density at radius 2 is 1.76 bits per heavy atom. The first-order chi connectivity index (χ1) is 18.0. The fraction of sp³-hybridized carbons (Fsp3) is 0.533. The lowest BCUT2D eigenvalue weighted by Crippen LogP contribution is -2.56. The summed E-state index contributed by atoms with van der Waals surface area (Å²) in [5.74, 6) is -0.0896. The van der Waals surface area contributed by atoms with Crippen LogP contribution in [-0.4, -0.2) is 79.8 Å². The van der Waals surface area contributed by atoms with Crippen LogP contribution in [0, 0.1) is 0 Å². The predicted molar refractivity (Wildman–Crippen MR) is 153 cm³/mol. The Bertz CT molecular complexity index is 1120. The van der Waals surface area contributed by atoms with E-state index in [1.54, 1.807) is 12.1 Å². The van der Waals surface area contributed by atoms with Gasteiger partial charge in [-0.05, 0) is 89.0 Å². The largest absolute Gasteiger partial charge is 0.444 e. The minimum absolute atomic E-state index is 0.0896. The number of carbonyl (C=O) groups excluding carboxylic acids is 2. The molecule has 0 bridgehead atoms. The van der Waals surface area contributed by atoms with E-state index in [1.165, 1.54) is 23.2 Å². The molecule has 0 spiro atoms. The number of benzene rings is 2. The molecule has 206 valence electrons. The van der Waals surface area contributed by atoms with Crippen molar-refractivity contribution in [2.75, 3.05) is 45.2 Å². The zero-order valence-corrected chi connectivity index (χ0v) is 24.1. The van der Waals surface area contributed by atoms with E-state index in [2.05, 4.69) is 47.4 Å². The van der Waals surface area contributed by atoms with Crippen LogP contribution in [0.1, 0.15) is 43.9 Å². The second-order valence-electron chi connectivity index (χ2n) is 11.6. The highest BCUT2D eigenvalue weighted by atomic mass is 35.5. The highest BCUT2D eigenvalue weighted by Crippen LogP contribution is 2.32. The molecule has 38 heavy (non-hydrogen) atoms. The molecule has 2 aromatic rings. The molecule has 1 saturated heterocycles. The molecule has 1 N–H and O–H groups in total. The Kier molecular flexibility index (Phi) is 8.89. The van der Waals surface area contributed by atoms with Gasteiger partial charge in [0.25, 0.3) is 0 Å². The number of carbonyl (C=O) groups is 2. The van der Waals surface area contributed by atoms with Gasteiger partial charge in [-0.15, -0.1) is 0 Å². The highest BCUT2D eigenvalue weighted by Gasteiger charge is 2.32. The Hall–Kier alpha value is -2.77. The normalized spacial score (nSPS) is 18.7. The lowest BCUT2D eigenvalue weighted by Gasteiger charge is -2.40. The maximum atomic E-state index is 13.7. The number of anilines is 1. The van der Waals surface area contributed by atoms with Gasteiger partial charge in [0.05, 0.1) is 0 Å². The van der Waals surface area contributed by atoms with Crippen molar-refractivity contribution in [3.05, 3.63) is 64.2 Å². The van der Waals surface area contributed by atoms with Crippen molar-refractivity contribution in [2.24, 2.45) is 0 Å². The average Bonchev–Trinajstić information content (AvgIpc) is 2.87. The molecule has 8 heteroatoms. The molecule has 0 aromatic heterocycles. The van der Waals surface area contributed by atoms with E-state index in [0.717, 1.165) is 31.5 Å². The van der Waals surface area contributed by atoms with Crippen LogP contribution < -0.4 is 10.2 Å². The monoisotopic (exact) mass is 540 g/mol. The summed E-state index contributed by atoms with van der Waals surface area (Å²) in [5, 5.41) is 3.46. The second kappa shape index (κ2) is 12.0. The second-order valence-corrected chi connectivity index (χ2v) is 12.1. The third-order valence-corrected chi connectivity index (χ3v) is 7.69. The number of hydrogen-bond acceptors (Lipinski definition) is 5. The molecule has 0 saturated carbocycles. The van der Waals surface area contributed by atoms with Gasteiger partial charge in [-0.1, -0.05) is 35.9 Å². The lowest BCUT2D eigenvalue weighted by atomic mass is 9.86. The van der Waals surface area contributed by atoms with Crippen molar-refractivity contribution >= 4 is 29.3 Å². The number of piperazine rings is 1. The molecular weight excluding hydrogens is 500 g/mol. The van der Waals surface area contributed by atoms with Gasteiger partial charge in [-0.3, -0.25) is 4.79 Å². The van der Waals surface area contributed by atoms with Crippen LogP contribution in [0.25, 0.3) is 0 Å². The van der Waals surface area contributed by atoms with Crippen molar-refractivity contribution < 1.29 is 14.3 Å². The average molecular weight is 541 g/mol. The van der Waals surface area contributed by atoms with E-state index >= 15 is 0 Å². The number of rotatable bonds is 6. The lowest BCUT2D eigenvalue weighted by molar-refractivity contribution is -0.133. The number of alkyl carbamates (subject to hydrolysis) is 1. The fourth-order valence-electron chi connectivity index (χ4n) is 5.38. The molecular formula is C30H41ClN4O3. The van der Waals surface area contributed by atoms with Crippen LogP contribution in [0.5, 0.6) is 0 Å². The first-order valence-corrected chi connectivity index (χ1v) is 13.9. The summed E-state index contributed by atoms with van der Waals surface area (Å²) in [6.07, 6.45) is 3.13. The maximum absolute atomic E-state index is 13.7.